The van der Waals surface area contributed by atoms with E-state index in [-0.39, 0.29) is 17.9 Å². The number of anilines is 2. The Balaban J connectivity index is 1.60. The summed E-state index contributed by atoms with van der Waals surface area (Å²) in [5, 5.41) is 3.22. The molecule has 5 heteroatoms. The number of nitrogens with one attached hydrogen (secondary N) is 1. The van der Waals surface area contributed by atoms with Crippen molar-refractivity contribution in [2.24, 2.45) is 11.8 Å². The van der Waals surface area contributed by atoms with Crippen molar-refractivity contribution < 1.29 is 9.53 Å². The quantitative estimate of drug-likeness (QED) is 0.765. The molecule has 31 heavy (non-hydrogen) atoms. The van der Waals surface area contributed by atoms with E-state index in [2.05, 4.69) is 72.3 Å². The molecule has 0 saturated carbocycles. The van der Waals surface area contributed by atoms with Crippen LogP contribution in [0, 0.1) is 18.8 Å². The Morgan fingerprint density at radius 2 is 1.94 bits per heavy atom. The van der Waals surface area contributed by atoms with Gasteiger partial charge in [0, 0.05) is 43.6 Å². The highest BCUT2D eigenvalue weighted by Gasteiger charge is 2.41. The van der Waals surface area contributed by atoms with Crippen molar-refractivity contribution in [2.75, 3.05) is 43.1 Å². The molecule has 4 rings (SSSR count). The highest BCUT2D eigenvalue weighted by Crippen LogP contribution is 2.39. The second-order valence-corrected chi connectivity index (χ2v) is 9.32. The number of carbonyl (C=O) groups is 1. The number of carbonyl (C=O) groups excluding carboxylic acids is 1. The van der Waals surface area contributed by atoms with Gasteiger partial charge in [-0.3, -0.25) is 4.79 Å². The zero-order chi connectivity index (χ0) is 22.0. The number of rotatable bonds is 6. The SMILES string of the molecule is COc1ccc2c(c1)N1CCN(c3ccc(C)cc3)C[C@H]1[C@H](C(=O)NCCC(C)C)C2. The summed E-state index contributed by atoms with van der Waals surface area (Å²) in [5.74, 6) is 1.59. The molecule has 0 aromatic heterocycles. The first-order valence-electron chi connectivity index (χ1n) is 11.5. The van der Waals surface area contributed by atoms with E-state index < -0.39 is 0 Å². The van der Waals surface area contributed by atoms with Crippen LogP contribution in [-0.4, -0.2) is 45.2 Å². The van der Waals surface area contributed by atoms with Gasteiger partial charge in [-0.25, -0.2) is 0 Å². The number of fused-ring (bicyclic) bond motifs is 3. The van der Waals surface area contributed by atoms with Crippen LogP contribution in [-0.2, 0) is 11.2 Å². The second-order valence-electron chi connectivity index (χ2n) is 9.32. The molecule has 0 bridgehead atoms. The minimum absolute atomic E-state index is 0.0543. The van der Waals surface area contributed by atoms with Crippen LogP contribution < -0.4 is 19.9 Å². The molecule has 2 aromatic carbocycles. The predicted molar refractivity (Wildman–Crippen MR) is 127 cm³/mol. The fraction of sp³-hybridized carbons (Fsp3) is 0.500. The van der Waals surface area contributed by atoms with Crippen LogP contribution in [0.2, 0.25) is 0 Å². The van der Waals surface area contributed by atoms with Gasteiger partial charge in [0.05, 0.1) is 19.1 Å². The Morgan fingerprint density at radius 3 is 2.65 bits per heavy atom. The molecule has 2 aliphatic heterocycles. The van der Waals surface area contributed by atoms with E-state index in [9.17, 15) is 4.79 Å². The molecule has 2 atom stereocenters. The average Bonchev–Trinajstić information content (AvgIpc) is 2.78. The molecule has 1 saturated heterocycles. The highest BCUT2D eigenvalue weighted by atomic mass is 16.5. The number of benzene rings is 2. The smallest absolute Gasteiger partial charge is 0.225 e. The van der Waals surface area contributed by atoms with Gasteiger partial charge in [-0.2, -0.15) is 0 Å². The van der Waals surface area contributed by atoms with Crippen molar-refractivity contribution in [1.82, 2.24) is 5.32 Å². The molecule has 0 unspecified atom stereocenters. The fourth-order valence-electron chi connectivity index (χ4n) is 4.81. The first-order valence-corrected chi connectivity index (χ1v) is 11.5. The Morgan fingerprint density at radius 1 is 1.16 bits per heavy atom. The Kier molecular flexibility index (Phi) is 6.40. The first kappa shape index (κ1) is 21.5. The monoisotopic (exact) mass is 421 g/mol. The Bertz CT molecular complexity index is 909. The molecule has 0 aliphatic carbocycles. The molecule has 166 valence electrons. The number of methoxy groups -OCH3 is 1. The van der Waals surface area contributed by atoms with Crippen molar-refractivity contribution in [3.8, 4) is 5.75 Å². The van der Waals surface area contributed by atoms with E-state index in [4.69, 9.17) is 4.74 Å². The van der Waals surface area contributed by atoms with Crippen LogP contribution in [0.3, 0.4) is 0 Å². The van der Waals surface area contributed by atoms with E-state index in [0.29, 0.717) is 5.92 Å². The number of hydrogen-bond donors (Lipinski definition) is 1. The zero-order valence-electron chi connectivity index (χ0n) is 19.2. The zero-order valence-corrected chi connectivity index (χ0v) is 19.2. The van der Waals surface area contributed by atoms with Crippen LogP contribution >= 0.6 is 0 Å². The van der Waals surface area contributed by atoms with Crippen LogP contribution in [0.4, 0.5) is 11.4 Å². The van der Waals surface area contributed by atoms with Crippen molar-refractivity contribution in [3.05, 3.63) is 53.6 Å². The van der Waals surface area contributed by atoms with Crippen LogP contribution in [0.1, 0.15) is 31.4 Å². The van der Waals surface area contributed by atoms with Gasteiger partial charge in [0.15, 0.2) is 0 Å². The summed E-state index contributed by atoms with van der Waals surface area (Å²) in [7, 11) is 1.71. The van der Waals surface area contributed by atoms with Crippen LogP contribution in [0.25, 0.3) is 0 Å². The number of aryl methyl sites for hydroxylation is 1. The molecule has 1 fully saturated rings. The third-order valence-corrected chi connectivity index (χ3v) is 6.68. The minimum Gasteiger partial charge on any atom is -0.497 e. The van der Waals surface area contributed by atoms with Crippen molar-refractivity contribution in [1.29, 1.82) is 0 Å². The molecule has 2 aliphatic rings. The number of nitrogens with zero attached hydrogens (tertiary/aromatic N) is 2. The molecule has 0 radical (unpaired) electrons. The molecule has 1 N–H and O–H groups in total. The highest BCUT2D eigenvalue weighted by molar-refractivity contribution is 5.82. The number of ether oxygens (including phenoxy) is 1. The van der Waals surface area contributed by atoms with Gasteiger partial charge in [-0.1, -0.05) is 37.6 Å². The topological polar surface area (TPSA) is 44.8 Å². The maximum absolute atomic E-state index is 13.3. The van der Waals surface area contributed by atoms with Crippen LogP contribution in [0.5, 0.6) is 5.75 Å². The summed E-state index contributed by atoms with van der Waals surface area (Å²) in [6.45, 7) is 9.94. The minimum atomic E-state index is -0.0543. The molecule has 0 spiro atoms. The fourth-order valence-corrected chi connectivity index (χ4v) is 4.81. The molecule has 2 aromatic rings. The molecule has 5 nitrogen and oxygen atoms in total. The number of amides is 1. The largest absolute Gasteiger partial charge is 0.497 e. The summed E-state index contributed by atoms with van der Waals surface area (Å²) in [6, 6.07) is 15.1. The number of piperazine rings is 1. The van der Waals surface area contributed by atoms with E-state index in [1.54, 1.807) is 7.11 Å². The van der Waals surface area contributed by atoms with Gasteiger partial charge in [-0.05, 0) is 49.4 Å². The molecule has 2 heterocycles. The second kappa shape index (κ2) is 9.21. The maximum atomic E-state index is 13.3. The average molecular weight is 422 g/mol. The summed E-state index contributed by atoms with van der Waals surface area (Å²) < 4.78 is 5.50. The lowest BCUT2D eigenvalue weighted by atomic mass is 9.83. The summed E-state index contributed by atoms with van der Waals surface area (Å²) in [6.07, 6.45) is 1.78. The van der Waals surface area contributed by atoms with Crippen LogP contribution in [0.15, 0.2) is 42.5 Å². The van der Waals surface area contributed by atoms with Gasteiger partial charge >= 0.3 is 0 Å². The van der Waals surface area contributed by atoms with E-state index in [0.717, 1.165) is 44.8 Å². The standard InChI is InChI=1S/C26H35N3O2/c1-18(2)11-12-27-26(30)23-15-20-7-10-22(31-4)16-24(20)29-14-13-28(17-25(23)29)21-8-5-19(3)6-9-21/h5-10,16,18,23,25H,11-15,17H2,1-4H3,(H,27,30)/t23-,25+/m1/s1. The van der Waals surface area contributed by atoms with Crippen molar-refractivity contribution >= 4 is 17.3 Å². The molecule has 1 amide bonds. The normalized spacial score (nSPS) is 20.3. The van der Waals surface area contributed by atoms with Crippen molar-refractivity contribution in [3.63, 3.8) is 0 Å². The van der Waals surface area contributed by atoms with Gasteiger partial charge in [0.25, 0.3) is 0 Å². The predicted octanol–water partition coefficient (Wildman–Crippen LogP) is 4.03. The summed E-state index contributed by atoms with van der Waals surface area (Å²) >= 11 is 0. The summed E-state index contributed by atoms with van der Waals surface area (Å²) in [5.41, 5.74) is 4.97. The van der Waals surface area contributed by atoms with E-state index in [1.165, 1.54) is 22.5 Å². The third kappa shape index (κ3) is 4.65. The van der Waals surface area contributed by atoms with Crippen molar-refractivity contribution in [2.45, 2.75) is 39.7 Å². The van der Waals surface area contributed by atoms with Gasteiger partial charge < -0.3 is 19.9 Å². The number of hydrogen-bond acceptors (Lipinski definition) is 4. The maximum Gasteiger partial charge on any atom is 0.225 e. The lowest BCUT2D eigenvalue weighted by molar-refractivity contribution is -0.125. The van der Waals surface area contributed by atoms with E-state index >= 15 is 0 Å². The van der Waals surface area contributed by atoms with Gasteiger partial charge in [0.1, 0.15) is 5.75 Å². The lowest BCUT2D eigenvalue weighted by Gasteiger charge is -2.49. The Labute approximate surface area is 186 Å². The van der Waals surface area contributed by atoms with E-state index in [1.807, 2.05) is 6.07 Å². The Hall–Kier alpha value is -2.69. The van der Waals surface area contributed by atoms with Gasteiger partial charge in [-0.15, -0.1) is 0 Å². The third-order valence-electron chi connectivity index (χ3n) is 6.68. The summed E-state index contributed by atoms with van der Waals surface area (Å²) in [4.78, 5) is 18.1. The molecular weight excluding hydrogens is 386 g/mol. The molecular formula is C26H35N3O2. The first-order chi connectivity index (χ1) is 15.0. The lowest BCUT2D eigenvalue weighted by Crippen LogP contribution is -2.61. The van der Waals surface area contributed by atoms with Gasteiger partial charge in [0.2, 0.25) is 5.91 Å².